The van der Waals surface area contributed by atoms with E-state index in [1.54, 1.807) is 6.92 Å². The second kappa shape index (κ2) is 6.19. The molecule has 8 heteroatoms. The molecule has 7 nitrogen and oxygen atoms in total. The lowest BCUT2D eigenvalue weighted by Crippen LogP contribution is -2.32. The van der Waals surface area contributed by atoms with Gasteiger partial charge in [-0.1, -0.05) is 0 Å². The highest BCUT2D eigenvalue weighted by atomic mass is 32.2. The molecular weight excluding hydrogens is 272 g/mol. The smallest absolute Gasteiger partial charge is 0.418 e. The van der Waals surface area contributed by atoms with Gasteiger partial charge in [0, 0.05) is 12.1 Å². The molecule has 1 atom stereocenters. The third kappa shape index (κ3) is 3.68. The van der Waals surface area contributed by atoms with Gasteiger partial charge in [-0.3, -0.25) is 10.1 Å². The molecule has 0 aliphatic rings. The van der Waals surface area contributed by atoms with Crippen molar-refractivity contribution < 1.29 is 18.7 Å². The van der Waals surface area contributed by atoms with E-state index in [0.717, 1.165) is 0 Å². The van der Waals surface area contributed by atoms with Crippen LogP contribution in [-0.4, -0.2) is 27.2 Å². The number of nitro groups is 1. The van der Waals surface area contributed by atoms with E-state index in [4.69, 9.17) is 0 Å². The summed E-state index contributed by atoms with van der Waals surface area (Å²) in [6.45, 7) is 3.31. The molecule has 1 aromatic rings. The van der Waals surface area contributed by atoms with E-state index < -0.39 is 20.7 Å². The highest BCUT2D eigenvalue weighted by Gasteiger charge is 2.15. The maximum atomic E-state index is 12.5. The summed E-state index contributed by atoms with van der Waals surface area (Å²) in [4.78, 5) is 21.6. The zero-order chi connectivity index (χ0) is 14.5. The summed E-state index contributed by atoms with van der Waals surface area (Å²) in [5.74, 6) is 0. The zero-order valence-electron chi connectivity index (χ0n) is 10.5. The van der Waals surface area contributed by atoms with Crippen LogP contribution in [0.1, 0.15) is 13.8 Å². The van der Waals surface area contributed by atoms with Crippen molar-refractivity contribution in [3.63, 3.8) is 0 Å². The third-order valence-corrected chi connectivity index (χ3v) is 4.35. The minimum absolute atomic E-state index is 0.113. The Balaban J connectivity index is 3.06. The first-order chi connectivity index (χ1) is 8.92. The lowest BCUT2D eigenvalue weighted by Gasteiger charge is -2.12. The predicted molar refractivity (Wildman–Crippen MR) is 71.4 cm³/mol. The monoisotopic (exact) mass is 286 g/mol. The van der Waals surface area contributed by atoms with Crippen molar-refractivity contribution in [1.82, 2.24) is 4.72 Å². The van der Waals surface area contributed by atoms with E-state index in [-0.39, 0.29) is 17.2 Å². The number of ether oxygens (including phenoxy) is 1. The molecule has 0 saturated heterocycles. The Labute approximate surface area is 110 Å². The maximum Gasteiger partial charge on any atom is 0.418 e. The number of benzene rings is 1. The van der Waals surface area contributed by atoms with Crippen molar-refractivity contribution in [3.05, 3.63) is 34.4 Å². The first-order valence-corrected chi connectivity index (χ1v) is 7.07. The Bertz CT molecular complexity index is 588. The molecule has 1 rings (SSSR count). The van der Waals surface area contributed by atoms with Gasteiger partial charge in [0.1, 0.15) is 0 Å². The summed E-state index contributed by atoms with van der Waals surface area (Å²) in [6, 6.07) is 5.13. The first-order valence-electron chi connectivity index (χ1n) is 5.45. The topological polar surface area (TPSA) is 98.5 Å². The Morgan fingerprint density at radius 3 is 2.47 bits per heavy atom. The standard InChI is InChI=1S/C11H14N2O5S/c1-3-18-11(14)12-19(17,4-2)10-7-5-9(6-8-10)13(15)16/h4-8H,3H2,1-2H3,(H,12,14,17). The van der Waals surface area contributed by atoms with Crippen LogP contribution in [0.3, 0.4) is 0 Å². The summed E-state index contributed by atoms with van der Waals surface area (Å²) in [5.41, 5.74) is -0.113. The van der Waals surface area contributed by atoms with Gasteiger partial charge in [0.05, 0.1) is 26.1 Å². The lowest BCUT2D eigenvalue weighted by atomic mass is 10.3. The summed E-state index contributed by atoms with van der Waals surface area (Å²) in [7, 11) is -2.94. The fourth-order valence-corrected chi connectivity index (χ4v) is 2.66. The molecule has 0 aliphatic carbocycles. The fraction of sp³-hybridized carbons (Fsp3) is 0.273. The fourth-order valence-electron chi connectivity index (χ4n) is 1.31. The van der Waals surface area contributed by atoms with Gasteiger partial charge < -0.3 is 4.74 Å². The molecule has 1 aromatic carbocycles. The number of amides is 1. The van der Waals surface area contributed by atoms with E-state index in [1.807, 2.05) is 0 Å². The van der Waals surface area contributed by atoms with Gasteiger partial charge in [0.15, 0.2) is 0 Å². The number of nitrogens with one attached hydrogen (secondary N) is 1. The minimum Gasteiger partial charge on any atom is -0.449 e. The van der Waals surface area contributed by atoms with Gasteiger partial charge in [0.2, 0.25) is 0 Å². The molecule has 0 bridgehead atoms. The Kier molecular flexibility index (Phi) is 4.87. The van der Waals surface area contributed by atoms with E-state index in [2.05, 4.69) is 9.46 Å². The molecule has 1 N–H and O–H groups in total. The molecule has 0 saturated carbocycles. The Morgan fingerprint density at radius 1 is 1.47 bits per heavy atom. The minimum atomic E-state index is -2.94. The van der Waals surface area contributed by atoms with Gasteiger partial charge >= 0.3 is 6.09 Å². The SMILES string of the molecule is CC=S(=O)(NC(=O)OCC)c1ccc([N+](=O)[O-])cc1. The van der Waals surface area contributed by atoms with E-state index in [1.165, 1.54) is 36.6 Å². The number of non-ortho nitro benzene ring substituents is 1. The van der Waals surface area contributed by atoms with E-state index >= 15 is 0 Å². The molecule has 0 heterocycles. The van der Waals surface area contributed by atoms with Crippen molar-refractivity contribution in [2.45, 2.75) is 18.7 Å². The second-order valence-corrected chi connectivity index (χ2v) is 5.76. The van der Waals surface area contributed by atoms with Gasteiger partial charge in [-0.2, -0.15) is 0 Å². The quantitative estimate of drug-likeness (QED) is 0.516. The molecular formula is C11H14N2O5S. The van der Waals surface area contributed by atoms with Crippen LogP contribution in [0.5, 0.6) is 0 Å². The number of nitrogens with zero attached hydrogens (tertiary/aromatic N) is 1. The number of rotatable bonds is 4. The first kappa shape index (κ1) is 15.0. The molecule has 0 spiro atoms. The van der Waals surface area contributed by atoms with Gasteiger partial charge in [-0.25, -0.2) is 13.7 Å². The lowest BCUT2D eigenvalue weighted by molar-refractivity contribution is -0.384. The van der Waals surface area contributed by atoms with E-state index in [9.17, 15) is 19.1 Å². The van der Waals surface area contributed by atoms with Crippen LogP contribution in [0, 0.1) is 10.1 Å². The average Bonchev–Trinajstić information content (AvgIpc) is 2.39. The zero-order valence-corrected chi connectivity index (χ0v) is 11.3. The highest BCUT2D eigenvalue weighted by molar-refractivity contribution is 8.00. The summed E-state index contributed by atoms with van der Waals surface area (Å²) >= 11 is 0. The average molecular weight is 286 g/mol. The highest BCUT2D eigenvalue weighted by Crippen LogP contribution is 2.16. The number of hydrogen-bond donors (Lipinski definition) is 1. The van der Waals surface area contributed by atoms with Crippen LogP contribution >= 0.6 is 0 Å². The molecule has 1 amide bonds. The van der Waals surface area contributed by atoms with Crippen molar-refractivity contribution in [1.29, 1.82) is 0 Å². The molecule has 104 valence electrons. The maximum absolute atomic E-state index is 12.5. The Hall–Kier alpha value is -2.09. The van der Waals surface area contributed by atoms with Crippen LogP contribution in [0.2, 0.25) is 0 Å². The molecule has 0 aromatic heterocycles. The van der Waals surface area contributed by atoms with Crippen LogP contribution in [0.25, 0.3) is 0 Å². The van der Waals surface area contributed by atoms with Crippen molar-refractivity contribution in [2.75, 3.05) is 6.61 Å². The Morgan fingerprint density at radius 2 is 2.05 bits per heavy atom. The van der Waals surface area contributed by atoms with Crippen LogP contribution < -0.4 is 4.72 Å². The molecule has 19 heavy (non-hydrogen) atoms. The number of carbonyl (C=O) groups is 1. The van der Waals surface area contributed by atoms with Crippen molar-refractivity contribution in [2.24, 2.45) is 0 Å². The number of hydrogen-bond acceptors (Lipinski definition) is 5. The number of nitro benzene ring substituents is 1. The van der Waals surface area contributed by atoms with Gasteiger partial charge in [0.25, 0.3) is 5.69 Å². The second-order valence-electron chi connectivity index (χ2n) is 3.41. The summed E-state index contributed by atoms with van der Waals surface area (Å²) in [6.07, 6.45) is -0.802. The third-order valence-electron chi connectivity index (χ3n) is 2.24. The summed E-state index contributed by atoms with van der Waals surface area (Å²) < 4.78 is 19.4. The molecule has 0 aliphatic heterocycles. The number of carbonyl (C=O) groups excluding carboxylic acids is 1. The van der Waals surface area contributed by atoms with Crippen LogP contribution in [0.15, 0.2) is 29.2 Å². The van der Waals surface area contributed by atoms with Crippen LogP contribution in [0.4, 0.5) is 10.5 Å². The largest absolute Gasteiger partial charge is 0.449 e. The summed E-state index contributed by atoms with van der Waals surface area (Å²) in [5, 5.41) is 11.9. The molecule has 0 fully saturated rings. The van der Waals surface area contributed by atoms with E-state index in [0.29, 0.717) is 0 Å². The van der Waals surface area contributed by atoms with Gasteiger partial charge in [-0.05, 0) is 31.3 Å². The molecule has 1 unspecified atom stereocenters. The predicted octanol–water partition coefficient (Wildman–Crippen LogP) is 1.72. The van der Waals surface area contributed by atoms with Crippen molar-refractivity contribution >= 4 is 26.9 Å². The molecule has 0 radical (unpaired) electrons. The van der Waals surface area contributed by atoms with Crippen LogP contribution in [-0.2, 0) is 14.4 Å². The van der Waals surface area contributed by atoms with Crippen molar-refractivity contribution in [3.8, 4) is 0 Å². The normalized spacial score (nSPS) is 13.2. The van der Waals surface area contributed by atoms with Gasteiger partial charge in [-0.15, -0.1) is 0 Å².